The SMILES string of the molecule is CNCCCN(CCO)C(=O)CC#N. The number of hydrogen-bond acceptors (Lipinski definition) is 4. The number of nitriles is 1. The standard InChI is InChI=1S/C9H17N3O2/c1-11-5-2-6-12(7-8-13)9(14)3-4-10/h11,13H,2-3,5-8H2,1H3. The Kier molecular flexibility index (Phi) is 7.80. The van der Waals surface area contributed by atoms with E-state index in [4.69, 9.17) is 10.4 Å². The molecule has 0 aromatic rings. The largest absolute Gasteiger partial charge is 0.395 e. The van der Waals surface area contributed by atoms with Crippen LogP contribution < -0.4 is 5.32 Å². The number of nitrogens with zero attached hydrogens (tertiary/aromatic N) is 2. The maximum atomic E-state index is 11.3. The number of amides is 1. The van der Waals surface area contributed by atoms with Crippen molar-refractivity contribution in [2.45, 2.75) is 12.8 Å². The minimum Gasteiger partial charge on any atom is -0.395 e. The van der Waals surface area contributed by atoms with Gasteiger partial charge in [0.1, 0.15) is 6.42 Å². The molecule has 0 aliphatic rings. The topological polar surface area (TPSA) is 76.4 Å². The summed E-state index contributed by atoms with van der Waals surface area (Å²) in [6.45, 7) is 1.66. The first kappa shape index (κ1) is 12.9. The second kappa shape index (κ2) is 8.48. The Morgan fingerprint density at radius 3 is 2.79 bits per heavy atom. The Balaban J connectivity index is 3.88. The van der Waals surface area contributed by atoms with Gasteiger partial charge in [-0.2, -0.15) is 5.26 Å². The van der Waals surface area contributed by atoms with Crippen LogP contribution in [0.5, 0.6) is 0 Å². The summed E-state index contributed by atoms with van der Waals surface area (Å²) < 4.78 is 0. The lowest BCUT2D eigenvalue weighted by molar-refractivity contribution is -0.130. The van der Waals surface area contributed by atoms with Crippen molar-refractivity contribution in [3.05, 3.63) is 0 Å². The molecule has 0 radical (unpaired) electrons. The van der Waals surface area contributed by atoms with Gasteiger partial charge in [0.05, 0.1) is 12.7 Å². The maximum Gasteiger partial charge on any atom is 0.236 e. The number of nitrogens with one attached hydrogen (secondary N) is 1. The summed E-state index contributed by atoms with van der Waals surface area (Å²) in [4.78, 5) is 12.8. The highest BCUT2D eigenvalue weighted by molar-refractivity contribution is 5.78. The molecule has 0 aromatic carbocycles. The molecule has 14 heavy (non-hydrogen) atoms. The summed E-state index contributed by atoms with van der Waals surface area (Å²) in [7, 11) is 1.84. The zero-order valence-electron chi connectivity index (χ0n) is 8.49. The van der Waals surface area contributed by atoms with Crippen molar-refractivity contribution < 1.29 is 9.90 Å². The number of carbonyl (C=O) groups is 1. The van der Waals surface area contributed by atoms with E-state index in [1.807, 2.05) is 13.1 Å². The molecule has 1 amide bonds. The fraction of sp³-hybridized carbons (Fsp3) is 0.778. The van der Waals surface area contributed by atoms with E-state index in [1.54, 1.807) is 0 Å². The number of rotatable bonds is 7. The van der Waals surface area contributed by atoms with Crippen LogP contribution in [0.25, 0.3) is 0 Å². The smallest absolute Gasteiger partial charge is 0.236 e. The van der Waals surface area contributed by atoms with Crippen LogP contribution in [0.15, 0.2) is 0 Å². The van der Waals surface area contributed by atoms with Gasteiger partial charge in [-0.3, -0.25) is 4.79 Å². The first-order valence-corrected chi connectivity index (χ1v) is 4.66. The van der Waals surface area contributed by atoms with Gasteiger partial charge in [0.2, 0.25) is 5.91 Å². The number of hydrogen-bond donors (Lipinski definition) is 2. The fourth-order valence-electron chi connectivity index (χ4n) is 1.11. The van der Waals surface area contributed by atoms with Gasteiger partial charge in [0.15, 0.2) is 0 Å². The van der Waals surface area contributed by atoms with Crippen LogP contribution in [0, 0.1) is 11.3 Å². The third kappa shape index (κ3) is 5.51. The molecule has 5 heteroatoms. The summed E-state index contributed by atoms with van der Waals surface area (Å²) in [6, 6.07) is 1.81. The monoisotopic (exact) mass is 199 g/mol. The molecule has 0 atom stereocenters. The molecular weight excluding hydrogens is 182 g/mol. The van der Waals surface area contributed by atoms with Gasteiger partial charge in [0, 0.05) is 13.1 Å². The molecule has 5 nitrogen and oxygen atoms in total. The average Bonchev–Trinajstić information content (AvgIpc) is 2.17. The normalized spacial score (nSPS) is 9.50. The van der Waals surface area contributed by atoms with Gasteiger partial charge in [-0.05, 0) is 20.0 Å². The van der Waals surface area contributed by atoms with Crippen LogP contribution in [-0.4, -0.2) is 49.2 Å². The van der Waals surface area contributed by atoms with Gasteiger partial charge in [-0.25, -0.2) is 0 Å². The Morgan fingerprint density at radius 2 is 2.29 bits per heavy atom. The van der Waals surface area contributed by atoms with Crippen LogP contribution in [0.3, 0.4) is 0 Å². The lowest BCUT2D eigenvalue weighted by Gasteiger charge is -2.20. The number of carbonyl (C=O) groups excluding carboxylic acids is 1. The van der Waals surface area contributed by atoms with Gasteiger partial charge >= 0.3 is 0 Å². The molecule has 0 spiro atoms. The van der Waals surface area contributed by atoms with E-state index in [-0.39, 0.29) is 18.9 Å². The highest BCUT2D eigenvalue weighted by atomic mass is 16.3. The van der Waals surface area contributed by atoms with Crippen molar-refractivity contribution >= 4 is 5.91 Å². The minimum absolute atomic E-state index is 0.0588. The van der Waals surface area contributed by atoms with Gasteiger partial charge in [0.25, 0.3) is 0 Å². The molecule has 0 heterocycles. The Hall–Kier alpha value is -1.12. The van der Waals surface area contributed by atoms with Crippen molar-refractivity contribution in [2.75, 3.05) is 33.3 Å². The lowest BCUT2D eigenvalue weighted by atomic mass is 10.3. The fourth-order valence-corrected chi connectivity index (χ4v) is 1.11. The quantitative estimate of drug-likeness (QED) is 0.533. The summed E-state index contributed by atoms with van der Waals surface area (Å²) >= 11 is 0. The molecule has 2 N–H and O–H groups in total. The zero-order chi connectivity index (χ0) is 10.8. The second-order valence-electron chi connectivity index (χ2n) is 2.90. The summed E-state index contributed by atoms with van der Waals surface area (Å²) in [5, 5.41) is 20.0. The van der Waals surface area contributed by atoms with Gasteiger partial charge < -0.3 is 15.3 Å². The summed E-state index contributed by atoms with van der Waals surface area (Å²) in [5.41, 5.74) is 0. The first-order chi connectivity index (χ1) is 6.76. The minimum atomic E-state index is -0.211. The van der Waals surface area contributed by atoms with Crippen molar-refractivity contribution in [2.24, 2.45) is 0 Å². The van der Waals surface area contributed by atoms with Crippen molar-refractivity contribution in [3.8, 4) is 6.07 Å². The van der Waals surface area contributed by atoms with Crippen LogP contribution in [0.4, 0.5) is 0 Å². The molecule has 0 saturated carbocycles. The van der Waals surface area contributed by atoms with Crippen molar-refractivity contribution in [1.82, 2.24) is 10.2 Å². The Labute approximate surface area is 84.3 Å². The molecule has 0 saturated heterocycles. The molecule has 0 aliphatic carbocycles. The van der Waals surface area contributed by atoms with E-state index in [2.05, 4.69) is 5.32 Å². The zero-order valence-corrected chi connectivity index (χ0v) is 8.49. The first-order valence-electron chi connectivity index (χ1n) is 4.66. The van der Waals surface area contributed by atoms with Crippen molar-refractivity contribution in [3.63, 3.8) is 0 Å². The molecule has 0 fully saturated rings. The number of aliphatic hydroxyl groups is 1. The maximum absolute atomic E-state index is 11.3. The van der Waals surface area contributed by atoms with E-state index in [9.17, 15) is 4.79 Å². The molecule has 0 aliphatic heterocycles. The average molecular weight is 199 g/mol. The van der Waals surface area contributed by atoms with Crippen LogP contribution in [0.1, 0.15) is 12.8 Å². The third-order valence-electron chi connectivity index (χ3n) is 1.81. The highest BCUT2D eigenvalue weighted by Crippen LogP contribution is 1.95. The van der Waals surface area contributed by atoms with Crippen LogP contribution in [0.2, 0.25) is 0 Å². The predicted molar refractivity (Wildman–Crippen MR) is 52.4 cm³/mol. The third-order valence-corrected chi connectivity index (χ3v) is 1.81. The molecule has 0 unspecified atom stereocenters. The van der Waals surface area contributed by atoms with E-state index >= 15 is 0 Å². The van der Waals surface area contributed by atoms with Gasteiger partial charge in [-0.15, -0.1) is 0 Å². The Morgan fingerprint density at radius 1 is 1.57 bits per heavy atom. The van der Waals surface area contributed by atoms with E-state index in [1.165, 1.54) is 4.90 Å². The van der Waals surface area contributed by atoms with Gasteiger partial charge in [-0.1, -0.05) is 0 Å². The molecule has 0 rings (SSSR count). The summed E-state index contributed by atoms with van der Waals surface area (Å²) in [6.07, 6.45) is 0.715. The van der Waals surface area contributed by atoms with Crippen molar-refractivity contribution in [1.29, 1.82) is 5.26 Å². The Bertz CT molecular complexity index is 201. The molecule has 80 valence electrons. The molecule has 0 bridgehead atoms. The summed E-state index contributed by atoms with van der Waals surface area (Å²) in [5.74, 6) is -0.211. The van der Waals surface area contributed by atoms with Crippen LogP contribution >= 0.6 is 0 Å². The highest BCUT2D eigenvalue weighted by Gasteiger charge is 2.11. The predicted octanol–water partition coefficient (Wildman–Crippen LogP) is -0.670. The second-order valence-corrected chi connectivity index (χ2v) is 2.90. The number of aliphatic hydroxyl groups excluding tert-OH is 1. The molecular formula is C9H17N3O2. The van der Waals surface area contributed by atoms with E-state index in [0.717, 1.165) is 13.0 Å². The molecule has 0 aromatic heterocycles. The van der Waals surface area contributed by atoms with Crippen LogP contribution in [-0.2, 0) is 4.79 Å². The van der Waals surface area contributed by atoms with E-state index in [0.29, 0.717) is 13.1 Å². The lowest BCUT2D eigenvalue weighted by Crippen LogP contribution is -2.35. The van der Waals surface area contributed by atoms with E-state index < -0.39 is 0 Å².